The van der Waals surface area contributed by atoms with E-state index in [-0.39, 0.29) is 12.0 Å². The second kappa shape index (κ2) is 7.33. The van der Waals surface area contributed by atoms with Crippen molar-refractivity contribution in [3.8, 4) is 0 Å². The molecule has 0 aromatic carbocycles. The lowest BCUT2D eigenvalue weighted by Crippen LogP contribution is -2.50. The SMILES string of the molecule is O=C(c1cnc[nH]1)N1CC[C@@H]2[C@@H](CC1)OCCN2Cc1cccnc1. The molecule has 4 rings (SSSR count). The van der Waals surface area contributed by atoms with Gasteiger partial charge < -0.3 is 14.6 Å². The summed E-state index contributed by atoms with van der Waals surface area (Å²) in [4.78, 5) is 28.1. The van der Waals surface area contributed by atoms with Gasteiger partial charge in [0.15, 0.2) is 0 Å². The molecule has 2 aliphatic rings. The first kappa shape index (κ1) is 16.2. The van der Waals surface area contributed by atoms with Gasteiger partial charge in [0.05, 0.1) is 25.2 Å². The number of likely N-dealkylation sites (tertiary alicyclic amines) is 1. The van der Waals surface area contributed by atoms with Crippen molar-refractivity contribution in [1.82, 2.24) is 24.8 Å². The molecule has 2 aliphatic heterocycles. The Balaban J connectivity index is 1.44. The summed E-state index contributed by atoms with van der Waals surface area (Å²) < 4.78 is 6.03. The number of rotatable bonds is 3. The van der Waals surface area contributed by atoms with Gasteiger partial charge in [-0.3, -0.25) is 14.7 Å². The van der Waals surface area contributed by atoms with Crippen LogP contribution in [0.5, 0.6) is 0 Å². The molecule has 2 aromatic heterocycles. The Hall–Kier alpha value is -2.25. The minimum absolute atomic E-state index is 0.0231. The summed E-state index contributed by atoms with van der Waals surface area (Å²) in [7, 11) is 0. The molecule has 1 N–H and O–H groups in total. The molecule has 132 valence electrons. The van der Waals surface area contributed by atoms with E-state index in [2.05, 4.69) is 25.9 Å². The lowest BCUT2D eigenvalue weighted by Gasteiger charge is -2.40. The van der Waals surface area contributed by atoms with Crippen LogP contribution in [0.2, 0.25) is 0 Å². The Labute approximate surface area is 147 Å². The molecule has 0 saturated carbocycles. The highest BCUT2D eigenvalue weighted by Crippen LogP contribution is 2.25. The fourth-order valence-corrected chi connectivity index (χ4v) is 3.83. The van der Waals surface area contributed by atoms with Crippen molar-refractivity contribution in [1.29, 1.82) is 0 Å². The Morgan fingerprint density at radius 2 is 2.16 bits per heavy atom. The van der Waals surface area contributed by atoms with E-state index in [0.29, 0.717) is 11.7 Å². The lowest BCUT2D eigenvalue weighted by molar-refractivity contribution is -0.0746. The van der Waals surface area contributed by atoms with E-state index in [4.69, 9.17) is 4.74 Å². The normalized spacial score (nSPS) is 24.6. The third-order valence-electron chi connectivity index (χ3n) is 5.11. The number of carbonyl (C=O) groups is 1. The zero-order valence-corrected chi connectivity index (χ0v) is 14.2. The molecule has 7 heteroatoms. The van der Waals surface area contributed by atoms with Crippen molar-refractivity contribution in [2.24, 2.45) is 0 Å². The largest absolute Gasteiger partial charge is 0.375 e. The summed E-state index contributed by atoms with van der Waals surface area (Å²) in [5.41, 5.74) is 1.77. The van der Waals surface area contributed by atoms with Crippen molar-refractivity contribution >= 4 is 5.91 Å². The van der Waals surface area contributed by atoms with Crippen LogP contribution in [0.15, 0.2) is 37.1 Å². The standard InChI is InChI=1S/C18H23N5O2/c24-18(15-11-20-13-21-15)22-6-3-16-17(4-7-22)25-9-8-23(16)12-14-2-1-5-19-10-14/h1-2,5,10-11,13,16-17H,3-4,6-9,12H2,(H,20,21)/t16-,17-/m1/s1. The third kappa shape index (κ3) is 3.57. The number of pyridine rings is 1. The van der Waals surface area contributed by atoms with Gasteiger partial charge in [-0.2, -0.15) is 0 Å². The van der Waals surface area contributed by atoms with E-state index in [9.17, 15) is 4.79 Å². The monoisotopic (exact) mass is 341 g/mol. The van der Waals surface area contributed by atoms with Crippen LogP contribution >= 0.6 is 0 Å². The van der Waals surface area contributed by atoms with Crippen LogP contribution in [-0.4, -0.2) is 69.0 Å². The molecule has 4 heterocycles. The van der Waals surface area contributed by atoms with Crippen molar-refractivity contribution in [3.05, 3.63) is 48.3 Å². The van der Waals surface area contributed by atoms with Gasteiger partial charge in [0.1, 0.15) is 5.69 Å². The topological polar surface area (TPSA) is 74.3 Å². The predicted octanol–water partition coefficient (Wildman–Crippen LogP) is 1.31. The first-order valence-corrected chi connectivity index (χ1v) is 8.83. The van der Waals surface area contributed by atoms with Crippen molar-refractivity contribution < 1.29 is 9.53 Å². The molecule has 0 spiro atoms. The number of aromatic nitrogens is 3. The molecule has 25 heavy (non-hydrogen) atoms. The number of amides is 1. The van der Waals surface area contributed by atoms with Crippen molar-refractivity contribution in [3.63, 3.8) is 0 Å². The number of carbonyl (C=O) groups excluding carboxylic acids is 1. The number of imidazole rings is 1. The number of nitrogens with zero attached hydrogens (tertiary/aromatic N) is 4. The van der Waals surface area contributed by atoms with Gasteiger partial charge >= 0.3 is 0 Å². The molecule has 2 fully saturated rings. The average molecular weight is 341 g/mol. The number of hydrogen-bond donors (Lipinski definition) is 1. The van der Waals surface area contributed by atoms with Gasteiger partial charge in [-0.1, -0.05) is 6.07 Å². The van der Waals surface area contributed by atoms with Crippen molar-refractivity contribution in [2.75, 3.05) is 26.2 Å². The summed E-state index contributed by atoms with van der Waals surface area (Å²) in [6.45, 7) is 4.01. The summed E-state index contributed by atoms with van der Waals surface area (Å²) in [6, 6.07) is 4.43. The molecule has 2 aromatic rings. The highest BCUT2D eigenvalue weighted by molar-refractivity contribution is 5.92. The molecule has 2 atom stereocenters. The molecule has 0 bridgehead atoms. The number of ether oxygens (including phenoxy) is 1. The van der Waals surface area contributed by atoms with Crippen LogP contribution in [0.1, 0.15) is 28.9 Å². The number of fused-ring (bicyclic) bond motifs is 1. The van der Waals surface area contributed by atoms with Gasteiger partial charge in [-0.15, -0.1) is 0 Å². The summed E-state index contributed by atoms with van der Waals surface area (Å²) in [6.07, 6.45) is 8.84. The van der Waals surface area contributed by atoms with Crippen LogP contribution in [-0.2, 0) is 11.3 Å². The van der Waals surface area contributed by atoms with Gasteiger partial charge in [0.2, 0.25) is 0 Å². The van der Waals surface area contributed by atoms with E-state index < -0.39 is 0 Å². The quantitative estimate of drug-likeness (QED) is 0.911. The zero-order chi connectivity index (χ0) is 17.1. The molecule has 0 radical (unpaired) electrons. The second-order valence-electron chi connectivity index (χ2n) is 6.64. The van der Waals surface area contributed by atoms with E-state index in [1.54, 1.807) is 18.7 Å². The van der Waals surface area contributed by atoms with Gasteiger partial charge in [0.25, 0.3) is 5.91 Å². The smallest absolute Gasteiger partial charge is 0.271 e. The minimum Gasteiger partial charge on any atom is -0.375 e. The number of aromatic amines is 1. The van der Waals surface area contributed by atoms with Crippen LogP contribution in [0.25, 0.3) is 0 Å². The summed E-state index contributed by atoms with van der Waals surface area (Å²) in [5, 5.41) is 0. The maximum atomic E-state index is 12.6. The van der Waals surface area contributed by atoms with Gasteiger partial charge in [0, 0.05) is 44.6 Å². The molecule has 1 amide bonds. The molecule has 2 saturated heterocycles. The highest BCUT2D eigenvalue weighted by atomic mass is 16.5. The molecular formula is C18H23N5O2. The van der Waals surface area contributed by atoms with Gasteiger partial charge in [-0.25, -0.2) is 4.98 Å². The molecule has 0 aliphatic carbocycles. The lowest BCUT2D eigenvalue weighted by atomic mass is 10.0. The van der Waals surface area contributed by atoms with Crippen LogP contribution < -0.4 is 0 Å². The Bertz CT molecular complexity index is 691. The average Bonchev–Trinajstić information content (AvgIpc) is 3.09. The highest BCUT2D eigenvalue weighted by Gasteiger charge is 2.35. The molecule has 0 unspecified atom stereocenters. The molecule has 7 nitrogen and oxygen atoms in total. The maximum Gasteiger partial charge on any atom is 0.271 e. The maximum absolute atomic E-state index is 12.6. The molecular weight excluding hydrogens is 318 g/mol. The minimum atomic E-state index is 0.0231. The Morgan fingerprint density at radius 1 is 1.24 bits per heavy atom. The summed E-state index contributed by atoms with van der Waals surface area (Å²) >= 11 is 0. The fourth-order valence-electron chi connectivity index (χ4n) is 3.83. The first-order chi connectivity index (χ1) is 12.3. The third-order valence-corrected chi connectivity index (χ3v) is 5.11. The second-order valence-corrected chi connectivity index (χ2v) is 6.64. The van der Waals surface area contributed by atoms with Crippen LogP contribution in [0.3, 0.4) is 0 Å². The van der Waals surface area contributed by atoms with Gasteiger partial charge in [-0.05, 0) is 24.5 Å². The Kier molecular flexibility index (Phi) is 4.76. The first-order valence-electron chi connectivity index (χ1n) is 8.83. The van der Waals surface area contributed by atoms with E-state index in [1.165, 1.54) is 5.56 Å². The van der Waals surface area contributed by atoms with E-state index >= 15 is 0 Å². The van der Waals surface area contributed by atoms with Crippen LogP contribution in [0.4, 0.5) is 0 Å². The van der Waals surface area contributed by atoms with Crippen LogP contribution in [0, 0.1) is 0 Å². The number of nitrogens with one attached hydrogen (secondary N) is 1. The van der Waals surface area contributed by atoms with E-state index in [0.717, 1.165) is 45.6 Å². The van der Waals surface area contributed by atoms with Crippen molar-refractivity contribution in [2.45, 2.75) is 31.5 Å². The predicted molar refractivity (Wildman–Crippen MR) is 91.9 cm³/mol. The Morgan fingerprint density at radius 3 is 2.96 bits per heavy atom. The fraction of sp³-hybridized carbons (Fsp3) is 0.500. The summed E-state index contributed by atoms with van der Waals surface area (Å²) in [5.74, 6) is 0.0231. The van der Waals surface area contributed by atoms with E-state index in [1.807, 2.05) is 17.2 Å². The zero-order valence-electron chi connectivity index (χ0n) is 14.2. The number of H-pyrrole nitrogens is 1. The number of morpholine rings is 1. The number of hydrogen-bond acceptors (Lipinski definition) is 5.